The predicted molar refractivity (Wildman–Crippen MR) is 83.7 cm³/mol. The quantitative estimate of drug-likeness (QED) is 0.850. The summed E-state index contributed by atoms with van der Waals surface area (Å²) in [5.74, 6) is 0.923. The first-order chi connectivity index (χ1) is 9.43. The molecule has 2 unspecified atom stereocenters. The zero-order chi connectivity index (χ0) is 14.8. The lowest BCUT2D eigenvalue weighted by atomic mass is 9.65. The summed E-state index contributed by atoms with van der Waals surface area (Å²) in [6.45, 7) is 5.66. The molecule has 0 spiro atoms. The first-order valence-corrected chi connectivity index (χ1v) is 7.88. The molecule has 1 saturated carbocycles. The van der Waals surface area contributed by atoms with Crippen LogP contribution in [0.2, 0.25) is 5.02 Å². The van der Waals surface area contributed by atoms with Gasteiger partial charge in [0, 0.05) is 0 Å². The van der Waals surface area contributed by atoms with Crippen LogP contribution in [-0.4, -0.2) is 13.6 Å². The first-order valence-electron chi connectivity index (χ1n) is 7.50. The van der Waals surface area contributed by atoms with E-state index in [9.17, 15) is 4.39 Å². The van der Waals surface area contributed by atoms with Gasteiger partial charge in [-0.2, -0.15) is 0 Å². The van der Waals surface area contributed by atoms with Gasteiger partial charge in [0.1, 0.15) is 5.82 Å². The summed E-state index contributed by atoms with van der Waals surface area (Å²) in [5.41, 5.74) is 1.13. The molecule has 1 aromatic rings. The molecule has 3 heteroatoms. The number of benzene rings is 1. The summed E-state index contributed by atoms with van der Waals surface area (Å²) >= 11 is 5.90. The highest BCUT2D eigenvalue weighted by Crippen LogP contribution is 2.43. The van der Waals surface area contributed by atoms with Crippen LogP contribution < -0.4 is 5.32 Å². The van der Waals surface area contributed by atoms with Gasteiger partial charge in [0.2, 0.25) is 0 Å². The second kappa shape index (κ2) is 6.44. The summed E-state index contributed by atoms with van der Waals surface area (Å²) < 4.78 is 14.1. The van der Waals surface area contributed by atoms with E-state index in [1.54, 1.807) is 6.07 Å². The van der Waals surface area contributed by atoms with Gasteiger partial charge in [-0.05, 0) is 68.2 Å². The SMILES string of the molecule is CNCC1CCC(C)(C)CC1Cc1cccc(Cl)c1F. The molecule has 1 aliphatic rings. The van der Waals surface area contributed by atoms with Crippen LogP contribution in [0.1, 0.15) is 38.7 Å². The van der Waals surface area contributed by atoms with Crippen molar-refractivity contribution in [3.63, 3.8) is 0 Å². The Kier molecular flexibility index (Phi) is 5.09. The van der Waals surface area contributed by atoms with Crippen LogP contribution in [0.25, 0.3) is 0 Å². The number of hydrogen-bond acceptors (Lipinski definition) is 1. The van der Waals surface area contributed by atoms with Gasteiger partial charge in [-0.25, -0.2) is 4.39 Å². The molecule has 0 bridgehead atoms. The molecule has 2 rings (SSSR count). The Morgan fingerprint density at radius 3 is 2.80 bits per heavy atom. The smallest absolute Gasteiger partial charge is 0.144 e. The average Bonchev–Trinajstić information content (AvgIpc) is 2.38. The highest BCUT2D eigenvalue weighted by molar-refractivity contribution is 6.30. The summed E-state index contributed by atoms with van der Waals surface area (Å²) in [5, 5.41) is 3.53. The molecule has 0 aliphatic heterocycles. The molecular formula is C17H25ClFN. The van der Waals surface area contributed by atoms with Crippen LogP contribution >= 0.6 is 11.6 Å². The molecule has 1 N–H and O–H groups in total. The fourth-order valence-electron chi connectivity index (χ4n) is 3.55. The van der Waals surface area contributed by atoms with Crippen LogP contribution in [0.3, 0.4) is 0 Å². The lowest BCUT2D eigenvalue weighted by Gasteiger charge is -2.41. The molecule has 0 saturated heterocycles. The van der Waals surface area contributed by atoms with Gasteiger partial charge >= 0.3 is 0 Å². The highest BCUT2D eigenvalue weighted by atomic mass is 35.5. The van der Waals surface area contributed by atoms with Crippen molar-refractivity contribution in [3.05, 3.63) is 34.6 Å². The normalized spacial score (nSPS) is 25.6. The van der Waals surface area contributed by atoms with Gasteiger partial charge in [0.15, 0.2) is 0 Å². The zero-order valence-corrected chi connectivity index (χ0v) is 13.4. The predicted octanol–water partition coefficient (Wildman–Crippen LogP) is 4.68. The van der Waals surface area contributed by atoms with E-state index in [4.69, 9.17) is 11.6 Å². The largest absolute Gasteiger partial charge is 0.319 e. The second-order valence-electron chi connectivity index (χ2n) is 6.90. The lowest BCUT2D eigenvalue weighted by molar-refractivity contribution is 0.116. The number of halogens is 2. The fraction of sp³-hybridized carbons (Fsp3) is 0.647. The lowest BCUT2D eigenvalue weighted by Crippen LogP contribution is -2.36. The van der Waals surface area contributed by atoms with E-state index in [0.717, 1.165) is 24.9 Å². The van der Waals surface area contributed by atoms with Crippen molar-refractivity contribution in [2.45, 2.75) is 39.5 Å². The van der Waals surface area contributed by atoms with Crippen LogP contribution in [0.5, 0.6) is 0 Å². The van der Waals surface area contributed by atoms with Crippen LogP contribution in [0, 0.1) is 23.1 Å². The number of nitrogens with one attached hydrogen (secondary N) is 1. The maximum Gasteiger partial charge on any atom is 0.144 e. The monoisotopic (exact) mass is 297 g/mol. The zero-order valence-electron chi connectivity index (χ0n) is 12.7. The third-order valence-corrected chi connectivity index (χ3v) is 4.95. The van der Waals surface area contributed by atoms with E-state index < -0.39 is 0 Å². The van der Waals surface area contributed by atoms with Crippen molar-refractivity contribution < 1.29 is 4.39 Å². The summed E-state index contributed by atoms with van der Waals surface area (Å²) in [6, 6.07) is 5.34. The van der Waals surface area contributed by atoms with Gasteiger partial charge < -0.3 is 5.32 Å². The maximum atomic E-state index is 14.1. The molecule has 0 aromatic heterocycles. The van der Waals surface area contributed by atoms with E-state index in [1.165, 1.54) is 12.8 Å². The topological polar surface area (TPSA) is 12.0 Å². The van der Waals surface area contributed by atoms with Crippen molar-refractivity contribution in [2.24, 2.45) is 17.3 Å². The Morgan fingerprint density at radius 2 is 2.10 bits per heavy atom. The van der Waals surface area contributed by atoms with E-state index >= 15 is 0 Å². The molecule has 1 aromatic carbocycles. The van der Waals surface area contributed by atoms with Crippen molar-refractivity contribution in [1.82, 2.24) is 5.32 Å². The third kappa shape index (κ3) is 3.73. The molecule has 1 fully saturated rings. The number of rotatable bonds is 4. The summed E-state index contributed by atoms with van der Waals surface area (Å²) in [7, 11) is 2.00. The standard InChI is InChI=1S/C17H25ClFN/c1-17(2)8-7-13(11-20-3)14(10-17)9-12-5-4-6-15(18)16(12)19/h4-6,13-14,20H,7-11H2,1-3H3. The van der Waals surface area contributed by atoms with Crippen molar-refractivity contribution in [1.29, 1.82) is 0 Å². The highest BCUT2D eigenvalue weighted by Gasteiger charge is 2.34. The molecule has 20 heavy (non-hydrogen) atoms. The average molecular weight is 298 g/mol. The Hall–Kier alpha value is -0.600. The van der Waals surface area contributed by atoms with Crippen molar-refractivity contribution in [3.8, 4) is 0 Å². The Bertz CT molecular complexity index is 458. The summed E-state index contributed by atoms with van der Waals surface area (Å²) in [4.78, 5) is 0. The van der Waals surface area contributed by atoms with Crippen LogP contribution in [-0.2, 0) is 6.42 Å². The van der Waals surface area contributed by atoms with Gasteiger partial charge in [-0.3, -0.25) is 0 Å². The second-order valence-corrected chi connectivity index (χ2v) is 7.31. The van der Waals surface area contributed by atoms with E-state index in [1.807, 2.05) is 19.2 Å². The van der Waals surface area contributed by atoms with E-state index in [2.05, 4.69) is 19.2 Å². The molecule has 112 valence electrons. The van der Waals surface area contributed by atoms with Crippen molar-refractivity contribution >= 4 is 11.6 Å². The minimum Gasteiger partial charge on any atom is -0.319 e. The van der Waals surface area contributed by atoms with Crippen molar-refractivity contribution in [2.75, 3.05) is 13.6 Å². The van der Waals surface area contributed by atoms with Gasteiger partial charge in [-0.1, -0.05) is 37.6 Å². The van der Waals surface area contributed by atoms with Gasteiger partial charge in [0.25, 0.3) is 0 Å². The van der Waals surface area contributed by atoms with Crippen LogP contribution in [0.4, 0.5) is 4.39 Å². The Labute approximate surface area is 126 Å². The Morgan fingerprint density at radius 1 is 1.35 bits per heavy atom. The van der Waals surface area contributed by atoms with Gasteiger partial charge in [0.05, 0.1) is 5.02 Å². The third-order valence-electron chi connectivity index (χ3n) is 4.65. The minimum absolute atomic E-state index is 0.235. The molecule has 1 nitrogen and oxygen atoms in total. The maximum absolute atomic E-state index is 14.1. The van der Waals surface area contributed by atoms with E-state index in [-0.39, 0.29) is 10.8 Å². The molecule has 0 heterocycles. The van der Waals surface area contributed by atoms with Gasteiger partial charge in [-0.15, -0.1) is 0 Å². The number of hydrogen-bond donors (Lipinski definition) is 1. The molecule has 0 amide bonds. The molecular weight excluding hydrogens is 273 g/mol. The fourth-order valence-corrected chi connectivity index (χ4v) is 3.74. The first kappa shape index (κ1) is 15.8. The molecule has 2 atom stereocenters. The summed E-state index contributed by atoms with van der Waals surface area (Å²) in [6.07, 6.45) is 4.43. The molecule has 0 radical (unpaired) electrons. The van der Waals surface area contributed by atoms with E-state index in [0.29, 0.717) is 17.3 Å². The minimum atomic E-state index is -0.235. The van der Waals surface area contributed by atoms with Crippen LogP contribution in [0.15, 0.2) is 18.2 Å². The molecule has 1 aliphatic carbocycles. The Balaban J connectivity index is 2.16.